The highest BCUT2D eigenvalue weighted by atomic mass is 35.5. The van der Waals surface area contributed by atoms with Gasteiger partial charge in [0.15, 0.2) is 0 Å². The van der Waals surface area contributed by atoms with E-state index in [9.17, 15) is 18.0 Å². The van der Waals surface area contributed by atoms with E-state index in [-0.39, 0.29) is 25.4 Å². The minimum atomic E-state index is -4.26. The van der Waals surface area contributed by atoms with E-state index in [1.807, 2.05) is 0 Å². The number of nitrogens with zero attached hydrogens (tertiary/aromatic N) is 4. The van der Waals surface area contributed by atoms with Crippen molar-refractivity contribution in [2.24, 2.45) is 13.0 Å². The van der Waals surface area contributed by atoms with Crippen LogP contribution in [0.5, 0.6) is 0 Å². The fourth-order valence-electron chi connectivity index (χ4n) is 4.75. The molecule has 1 aliphatic heterocycles. The zero-order chi connectivity index (χ0) is 28.6. The number of rotatable bonds is 6. The number of carbonyl (C=O) groups excluding carboxylic acids is 1. The molecule has 1 amide bonds. The predicted octanol–water partition coefficient (Wildman–Crippen LogP) is 7.38. The number of benzene rings is 2. The van der Waals surface area contributed by atoms with Gasteiger partial charge in [-0.15, -0.1) is 0 Å². The van der Waals surface area contributed by atoms with Crippen LogP contribution >= 0.6 is 34.8 Å². The van der Waals surface area contributed by atoms with Crippen LogP contribution in [0.1, 0.15) is 28.8 Å². The predicted molar refractivity (Wildman–Crippen MR) is 152 cm³/mol. The molecule has 1 aliphatic rings. The zero-order valence-electron chi connectivity index (χ0n) is 21.2. The average Bonchev–Trinajstić information content (AvgIpc) is 3.23. The number of carbonyl (C=O) groups is 1. The molecule has 2 N–H and O–H groups in total. The lowest BCUT2D eigenvalue weighted by Gasteiger charge is -2.35. The summed E-state index contributed by atoms with van der Waals surface area (Å²) in [6, 6.07) is 10.1. The van der Waals surface area contributed by atoms with Gasteiger partial charge in [0.1, 0.15) is 0 Å². The van der Waals surface area contributed by atoms with Crippen LogP contribution in [0, 0.1) is 5.92 Å². The second-order valence-corrected chi connectivity index (χ2v) is 10.8. The van der Waals surface area contributed by atoms with Crippen LogP contribution in [0.3, 0.4) is 0 Å². The van der Waals surface area contributed by atoms with Crippen molar-refractivity contribution in [1.29, 1.82) is 0 Å². The lowest BCUT2D eigenvalue weighted by molar-refractivity contribution is -0.175. The fourth-order valence-corrected chi connectivity index (χ4v) is 5.56. The van der Waals surface area contributed by atoms with Gasteiger partial charge in [0.2, 0.25) is 5.95 Å². The van der Waals surface area contributed by atoms with Crippen molar-refractivity contribution in [3.63, 3.8) is 0 Å². The van der Waals surface area contributed by atoms with Crippen LogP contribution in [0.25, 0.3) is 11.0 Å². The third-order valence-corrected chi connectivity index (χ3v) is 7.99. The standard InChI is InChI=1S/C27H24Cl3F3N6O/c1-38-22-11-21(39-9-3-5-17(14-39)27(31,32)33)19(29)10-20(22)36-26(38)37-24-18(28)7-6-15(23(24)30)13-35-25(40)16-4-2-8-34-12-16/h2,4,6-8,10-12,17H,3,5,9,13-14H2,1H3,(H,35,40)(H,36,37). The molecule has 1 saturated heterocycles. The topological polar surface area (TPSA) is 75.1 Å². The van der Waals surface area contributed by atoms with Crippen LogP contribution in [0.2, 0.25) is 15.1 Å². The summed E-state index contributed by atoms with van der Waals surface area (Å²) >= 11 is 19.7. The first-order valence-corrected chi connectivity index (χ1v) is 13.6. The molecule has 5 rings (SSSR count). The molecule has 1 atom stereocenters. The van der Waals surface area contributed by atoms with Crippen molar-refractivity contribution in [3.05, 3.63) is 75.0 Å². The van der Waals surface area contributed by atoms with Crippen molar-refractivity contribution in [2.75, 3.05) is 23.3 Å². The number of hydrogen-bond acceptors (Lipinski definition) is 5. The molecule has 210 valence electrons. The lowest BCUT2D eigenvalue weighted by Crippen LogP contribution is -2.41. The van der Waals surface area contributed by atoms with Gasteiger partial charge in [-0.1, -0.05) is 40.9 Å². The van der Waals surface area contributed by atoms with Gasteiger partial charge in [0.05, 0.1) is 49.0 Å². The summed E-state index contributed by atoms with van der Waals surface area (Å²) in [5, 5.41) is 6.94. The summed E-state index contributed by atoms with van der Waals surface area (Å²) in [7, 11) is 1.77. The highest BCUT2D eigenvalue weighted by Gasteiger charge is 2.42. The Morgan fingerprint density at radius 2 is 1.95 bits per heavy atom. The Balaban J connectivity index is 1.39. The van der Waals surface area contributed by atoms with Gasteiger partial charge in [-0.25, -0.2) is 4.98 Å². The summed E-state index contributed by atoms with van der Waals surface area (Å²) in [6.45, 7) is 0.484. The number of alkyl halides is 3. The fraction of sp³-hybridized carbons (Fsp3) is 0.296. The molecule has 40 heavy (non-hydrogen) atoms. The van der Waals surface area contributed by atoms with Crippen molar-refractivity contribution in [2.45, 2.75) is 25.6 Å². The number of aryl methyl sites for hydroxylation is 1. The molecule has 4 aromatic rings. The maximum absolute atomic E-state index is 13.4. The first kappa shape index (κ1) is 28.3. The third-order valence-electron chi connectivity index (χ3n) is 6.95. The zero-order valence-corrected chi connectivity index (χ0v) is 23.5. The molecule has 0 spiro atoms. The van der Waals surface area contributed by atoms with Gasteiger partial charge in [-0.3, -0.25) is 9.78 Å². The largest absolute Gasteiger partial charge is 0.393 e. The van der Waals surface area contributed by atoms with E-state index in [0.29, 0.717) is 67.5 Å². The number of fused-ring (bicyclic) bond motifs is 1. The van der Waals surface area contributed by atoms with Crippen molar-refractivity contribution in [3.8, 4) is 0 Å². The Hall–Kier alpha value is -3.21. The second-order valence-electron chi connectivity index (χ2n) is 9.56. The quantitative estimate of drug-likeness (QED) is 0.238. The highest BCUT2D eigenvalue weighted by Crippen LogP contribution is 2.40. The molecule has 0 saturated carbocycles. The molecule has 2 aromatic carbocycles. The van der Waals surface area contributed by atoms with E-state index in [0.717, 1.165) is 0 Å². The summed E-state index contributed by atoms with van der Waals surface area (Å²) < 4.78 is 41.9. The molecule has 7 nitrogen and oxygen atoms in total. The summed E-state index contributed by atoms with van der Waals surface area (Å²) in [5.74, 6) is -1.30. The number of piperidine rings is 1. The lowest BCUT2D eigenvalue weighted by atomic mass is 9.97. The minimum Gasteiger partial charge on any atom is -0.370 e. The van der Waals surface area contributed by atoms with Crippen LogP contribution < -0.4 is 15.5 Å². The monoisotopic (exact) mass is 610 g/mol. The van der Waals surface area contributed by atoms with E-state index in [2.05, 4.69) is 20.6 Å². The molecule has 3 heterocycles. The van der Waals surface area contributed by atoms with Crippen LogP contribution in [0.15, 0.2) is 48.8 Å². The highest BCUT2D eigenvalue weighted by molar-refractivity contribution is 6.39. The van der Waals surface area contributed by atoms with Crippen molar-refractivity contribution >= 4 is 69.1 Å². The van der Waals surface area contributed by atoms with Gasteiger partial charge in [-0.05, 0) is 48.7 Å². The van der Waals surface area contributed by atoms with Crippen molar-refractivity contribution in [1.82, 2.24) is 19.9 Å². The van der Waals surface area contributed by atoms with Crippen molar-refractivity contribution < 1.29 is 18.0 Å². The van der Waals surface area contributed by atoms with Crippen LogP contribution in [-0.4, -0.2) is 39.7 Å². The van der Waals surface area contributed by atoms with Gasteiger partial charge < -0.3 is 20.1 Å². The third kappa shape index (κ3) is 5.80. The molecule has 13 heteroatoms. The van der Waals surface area contributed by atoms with Gasteiger partial charge in [-0.2, -0.15) is 13.2 Å². The van der Waals surface area contributed by atoms with Gasteiger partial charge in [0, 0.05) is 39.1 Å². The number of anilines is 3. The normalized spacial score (nSPS) is 15.9. The van der Waals surface area contributed by atoms with Crippen LogP contribution in [0.4, 0.5) is 30.5 Å². The van der Waals surface area contributed by atoms with E-state index < -0.39 is 12.1 Å². The van der Waals surface area contributed by atoms with Crippen LogP contribution in [-0.2, 0) is 13.6 Å². The van der Waals surface area contributed by atoms with E-state index in [4.69, 9.17) is 34.8 Å². The number of amides is 1. The maximum atomic E-state index is 13.4. The minimum absolute atomic E-state index is 0.105. The molecule has 0 radical (unpaired) electrons. The molecule has 2 aromatic heterocycles. The number of pyridine rings is 1. The number of aromatic nitrogens is 3. The Bertz CT molecular complexity index is 1560. The molecule has 0 bridgehead atoms. The number of hydrogen-bond donors (Lipinski definition) is 2. The molecular formula is C27H24Cl3F3N6O. The number of imidazole rings is 1. The molecule has 1 fully saturated rings. The summed E-state index contributed by atoms with van der Waals surface area (Å²) in [6.07, 6.45) is -0.680. The van der Waals surface area contributed by atoms with E-state index in [1.165, 1.54) is 6.20 Å². The average molecular weight is 612 g/mol. The summed E-state index contributed by atoms with van der Waals surface area (Å²) in [5.41, 5.74) is 3.19. The molecular weight excluding hydrogens is 588 g/mol. The Morgan fingerprint density at radius 3 is 2.67 bits per heavy atom. The molecule has 1 unspecified atom stereocenters. The first-order valence-electron chi connectivity index (χ1n) is 12.4. The maximum Gasteiger partial charge on any atom is 0.393 e. The Morgan fingerprint density at radius 1 is 1.15 bits per heavy atom. The Kier molecular flexibility index (Phi) is 8.03. The molecule has 0 aliphatic carbocycles. The first-order chi connectivity index (χ1) is 19.0. The van der Waals surface area contributed by atoms with E-state index in [1.54, 1.807) is 59.1 Å². The van der Waals surface area contributed by atoms with Gasteiger partial charge >= 0.3 is 6.18 Å². The van der Waals surface area contributed by atoms with E-state index >= 15 is 0 Å². The SMILES string of the molecule is Cn1c(Nc2c(Cl)ccc(CNC(=O)c3cccnc3)c2Cl)nc2cc(Cl)c(N3CCCC(C(F)(F)F)C3)cc21. The second kappa shape index (κ2) is 11.3. The Labute approximate surface area is 243 Å². The summed E-state index contributed by atoms with van der Waals surface area (Å²) in [4.78, 5) is 22.7. The van der Waals surface area contributed by atoms with Gasteiger partial charge in [0.25, 0.3) is 5.91 Å². The smallest absolute Gasteiger partial charge is 0.370 e. The number of halogens is 6. The number of nitrogens with one attached hydrogen (secondary N) is 2.